The van der Waals surface area contributed by atoms with E-state index in [1.54, 1.807) is 31.4 Å². The number of aryl methyl sites for hydroxylation is 2. The minimum Gasteiger partial charge on any atom is -0.497 e. The van der Waals surface area contributed by atoms with E-state index >= 15 is 0 Å². The number of amides is 1. The number of hydrogen-bond donors (Lipinski definition) is 1. The maximum absolute atomic E-state index is 13.1. The van der Waals surface area contributed by atoms with Crippen molar-refractivity contribution in [1.29, 1.82) is 0 Å². The number of fused-ring (bicyclic) bond motifs is 1. The predicted molar refractivity (Wildman–Crippen MR) is 120 cm³/mol. The van der Waals surface area contributed by atoms with Gasteiger partial charge < -0.3 is 10.1 Å². The fourth-order valence-electron chi connectivity index (χ4n) is 3.23. The number of hydrogen-bond acceptors (Lipinski definition) is 5. The number of methoxy groups -OCH3 is 1. The third-order valence-electron chi connectivity index (χ3n) is 5.07. The molecule has 0 unspecified atom stereocenters. The van der Waals surface area contributed by atoms with E-state index in [4.69, 9.17) is 4.74 Å². The van der Waals surface area contributed by atoms with Crippen molar-refractivity contribution in [2.45, 2.75) is 20.4 Å². The number of nitrogens with one attached hydrogen (secondary N) is 1. The number of anilines is 1. The molecule has 0 spiro atoms. The second kappa shape index (κ2) is 8.12. The number of thiophene rings is 1. The molecular formula is C23H21N3O3S. The average molecular weight is 420 g/mol. The number of rotatable bonds is 5. The molecule has 1 amide bonds. The molecule has 4 aromatic rings. The Hall–Kier alpha value is -3.45. The van der Waals surface area contributed by atoms with E-state index in [-0.39, 0.29) is 18.0 Å². The molecule has 0 aliphatic rings. The lowest BCUT2D eigenvalue weighted by Gasteiger charge is -2.09. The fraction of sp³-hybridized carbons (Fsp3) is 0.174. The molecule has 0 saturated carbocycles. The Morgan fingerprint density at radius 2 is 1.90 bits per heavy atom. The lowest BCUT2D eigenvalue weighted by atomic mass is 10.0. The van der Waals surface area contributed by atoms with Crippen molar-refractivity contribution >= 4 is 33.1 Å². The summed E-state index contributed by atoms with van der Waals surface area (Å²) in [5, 5.41) is 5.29. The van der Waals surface area contributed by atoms with Crippen LogP contribution in [-0.4, -0.2) is 22.6 Å². The molecule has 2 aromatic heterocycles. The molecular weight excluding hydrogens is 398 g/mol. The number of ether oxygens (including phenoxy) is 1. The van der Waals surface area contributed by atoms with Gasteiger partial charge in [0, 0.05) is 16.6 Å². The van der Waals surface area contributed by atoms with Gasteiger partial charge in [-0.1, -0.05) is 18.2 Å². The Morgan fingerprint density at radius 3 is 2.60 bits per heavy atom. The molecule has 152 valence electrons. The van der Waals surface area contributed by atoms with Crippen LogP contribution in [0.3, 0.4) is 0 Å². The third kappa shape index (κ3) is 3.84. The summed E-state index contributed by atoms with van der Waals surface area (Å²) >= 11 is 1.43. The van der Waals surface area contributed by atoms with Gasteiger partial charge in [-0.2, -0.15) is 0 Å². The summed E-state index contributed by atoms with van der Waals surface area (Å²) in [6.07, 6.45) is 1.43. The molecule has 0 atom stereocenters. The highest BCUT2D eigenvalue weighted by Crippen LogP contribution is 2.31. The van der Waals surface area contributed by atoms with Gasteiger partial charge in [-0.3, -0.25) is 14.2 Å². The van der Waals surface area contributed by atoms with Crippen LogP contribution < -0.4 is 15.6 Å². The Labute approximate surface area is 177 Å². The van der Waals surface area contributed by atoms with Gasteiger partial charge in [0.25, 0.3) is 5.56 Å². The van der Waals surface area contributed by atoms with Gasteiger partial charge in [0.05, 0.1) is 18.8 Å². The van der Waals surface area contributed by atoms with Gasteiger partial charge in [0.2, 0.25) is 5.91 Å². The fourth-order valence-corrected chi connectivity index (χ4v) is 4.14. The lowest BCUT2D eigenvalue weighted by Crippen LogP contribution is -2.27. The van der Waals surface area contributed by atoms with Gasteiger partial charge >= 0.3 is 0 Å². The number of carbonyl (C=O) groups excluding carboxylic acids is 1. The van der Waals surface area contributed by atoms with E-state index in [1.807, 2.05) is 24.4 Å². The number of benzene rings is 2. The van der Waals surface area contributed by atoms with Crippen LogP contribution in [0.5, 0.6) is 5.75 Å². The maximum atomic E-state index is 13.1. The largest absolute Gasteiger partial charge is 0.497 e. The standard InChI is InChI=1S/C23H21N3O3S/c1-14-4-5-16(10-15(14)2)19-12-30-22-21(19)23(28)26(13-24-22)11-20(27)25-17-6-8-18(29-3)9-7-17/h4-10,12-13H,11H2,1-3H3,(H,25,27). The zero-order chi connectivity index (χ0) is 21.3. The Kier molecular flexibility index (Phi) is 5.37. The van der Waals surface area contributed by atoms with E-state index in [9.17, 15) is 9.59 Å². The Morgan fingerprint density at radius 1 is 1.13 bits per heavy atom. The molecule has 0 bridgehead atoms. The second-order valence-electron chi connectivity index (χ2n) is 7.08. The topological polar surface area (TPSA) is 73.2 Å². The first kappa shape index (κ1) is 19.8. The lowest BCUT2D eigenvalue weighted by molar-refractivity contribution is -0.116. The molecule has 0 aliphatic carbocycles. The summed E-state index contributed by atoms with van der Waals surface area (Å²) in [4.78, 5) is 30.7. The molecule has 6 nitrogen and oxygen atoms in total. The minimum absolute atomic E-state index is 0.115. The van der Waals surface area contributed by atoms with Gasteiger partial charge in [-0.15, -0.1) is 11.3 Å². The quantitative estimate of drug-likeness (QED) is 0.521. The Balaban J connectivity index is 1.63. The van der Waals surface area contributed by atoms with Crippen molar-refractivity contribution in [2.24, 2.45) is 0 Å². The first-order valence-corrected chi connectivity index (χ1v) is 10.3. The molecule has 1 N–H and O–H groups in total. The smallest absolute Gasteiger partial charge is 0.263 e. The zero-order valence-electron chi connectivity index (χ0n) is 16.9. The SMILES string of the molecule is COc1ccc(NC(=O)Cn2cnc3scc(-c4ccc(C)c(C)c4)c3c2=O)cc1. The maximum Gasteiger partial charge on any atom is 0.263 e. The van der Waals surface area contributed by atoms with E-state index in [0.29, 0.717) is 21.7 Å². The minimum atomic E-state index is -0.300. The summed E-state index contributed by atoms with van der Waals surface area (Å²) in [6.45, 7) is 3.99. The van der Waals surface area contributed by atoms with Gasteiger partial charge in [-0.25, -0.2) is 4.98 Å². The highest BCUT2D eigenvalue weighted by atomic mass is 32.1. The van der Waals surface area contributed by atoms with Crippen LogP contribution in [0.15, 0.2) is 59.0 Å². The number of nitrogens with zero attached hydrogens (tertiary/aromatic N) is 2. The second-order valence-corrected chi connectivity index (χ2v) is 7.94. The first-order chi connectivity index (χ1) is 14.5. The monoisotopic (exact) mass is 419 g/mol. The number of aromatic nitrogens is 2. The molecule has 7 heteroatoms. The first-order valence-electron chi connectivity index (χ1n) is 9.44. The number of carbonyl (C=O) groups is 1. The van der Waals surface area contributed by atoms with Crippen molar-refractivity contribution in [3.63, 3.8) is 0 Å². The summed E-state index contributed by atoms with van der Waals surface area (Å²) < 4.78 is 6.46. The van der Waals surface area contributed by atoms with Crippen LogP contribution in [0.25, 0.3) is 21.3 Å². The summed E-state index contributed by atoms with van der Waals surface area (Å²) in [5.41, 5.74) is 4.59. The Bertz CT molecular complexity index is 1290. The van der Waals surface area contributed by atoms with Crippen molar-refractivity contribution in [3.8, 4) is 16.9 Å². The van der Waals surface area contributed by atoms with E-state index in [1.165, 1.54) is 27.8 Å². The molecule has 0 radical (unpaired) electrons. The highest BCUT2D eigenvalue weighted by molar-refractivity contribution is 7.17. The van der Waals surface area contributed by atoms with Gasteiger partial charge in [0.1, 0.15) is 17.1 Å². The van der Waals surface area contributed by atoms with E-state index in [0.717, 1.165) is 16.7 Å². The molecule has 0 aliphatic heterocycles. The van der Waals surface area contributed by atoms with Crippen molar-refractivity contribution in [3.05, 3.63) is 75.7 Å². The molecule has 0 saturated heterocycles. The normalized spacial score (nSPS) is 10.9. The summed E-state index contributed by atoms with van der Waals surface area (Å²) in [7, 11) is 1.58. The van der Waals surface area contributed by atoms with Crippen molar-refractivity contribution in [1.82, 2.24) is 9.55 Å². The molecule has 30 heavy (non-hydrogen) atoms. The van der Waals surface area contributed by atoms with Crippen LogP contribution in [0.1, 0.15) is 11.1 Å². The molecule has 2 heterocycles. The zero-order valence-corrected chi connectivity index (χ0v) is 17.7. The summed E-state index contributed by atoms with van der Waals surface area (Å²) in [6, 6.07) is 13.1. The molecule has 0 fully saturated rings. The van der Waals surface area contributed by atoms with Crippen LogP contribution in [0.2, 0.25) is 0 Å². The van der Waals surface area contributed by atoms with Crippen molar-refractivity contribution in [2.75, 3.05) is 12.4 Å². The summed E-state index contributed by atoms with van der Waals surface area (Å²) in [5.74, 6) is 0.404. The van der Waals surface area contributed by atoms with E-state index < -0.39 is 0 Å². The predicted octanol–water partition coefficient (Wildman–Crippen LogP) is 4.39. The van der Waals surface area contributed by atoms with Crippen LogP contribution >= 0.6 is 11.3 Å². The van der Waals surface area contributed by atoms with Crippen LogP contribution in [0, 0.1) is 13.8 Å². The highest BCUT2D eigenvalue weighted by Gasteiger charge is 2.15. The third-order valence-corrected chi connectivity index (χ3v) is 5.95. The molecule has 4 rings (SSSR count). The molecule has 2 aromatic carbocycles. The van der Waals surface area contributed by atoms with Gasteiger partial charge in [0.15, 0.2) is 0 Å². The van der Waals surface area contributed by atoms with Crippen molar-refractivity contribution < 1.29 is 9.53 Å². The van der Waals surface area contributed by atoms with Gasteiger partial charge in [-0.05, 0) is 54.8 Å². The van der Waals surface area contributed by atoms with Crippen LogP contribution in [-0.2, 0) is 11.3 Å². The average Bonchev–Trinajstić information content (AvgIpc) is 3.17. The van der Waals surface area contributed by atoms with Crippen LogP contribution in [0.4, 0.5) is 5.69 Å². The van der Waals surface area contributed by atoms with E-state index in [2.05, 4.69) is 23.3 Å².